The molecule has 0 bridgehead atoms. The summed E-state index contributed by atoms with van der Waals surface area (Å²) < 4.78 is 0. The van der Waals surface area contributed by atoms with E-state index in [1.807, 2.05) is 11.0 Å². The number of aromatic hydroxyl groups is 1. The Hall–Kier alpha value is -1.55. The van der Waals surface area contributed by atoms with Crippen molar-refractivity contribution in [1.82, 2.24) is 9.80 Å². The van der Waals surface area contributed by atoms with Crippen molar-refractivity contribution in [1.29, 1.82) is 0 Å². The lowest BCUT2D eigenvalue weighted by molar-refractivity contribution is 0.0539. The monoisotopic (exact) mass is 358 g/mol. The van der Waals surface area contributed by atoms with Gasteiger partial charge in [-0.15, -0.1) is 0 Å². The number of carbonyl (C=O) groups is 1. The number of amides is 1. The maximum absolute atomic E-state index is 12.9. The molecule has 1 aromatic rings. The van der Waals surface area contributed by atoms with E-state index in [1.165, 1.54) is 25.9 Å². The van der Waals surface area contributed by atoms with Crippen LogP contribution >= 0.6 is 0 Å². The Morgan fingerprint density at radius 2 is 1.81 bits per heavy atom. The molecular weight excluding hydrogens is 324 g/mol. The number of rotatable bonds is 2. The topological polar surface area (TPSA) is 43.8 Å². The van der Waals surface area contributed by atoms with Crippen LogP contribution in [0.5, 0.6) is 5.75 Å². The molecule has 2 heterocycles. The molecule has 0 aliphatic carbocycles. The quantitative estimate of drug-likeness (QED) is 0.868. The lowest BCUT2D eigenvalue weighted by Crippen LogP contribution is -2.49. The molecule has 1 atom stereocenters. The third-order valence-electron chi connectivity index (χ3n) is 6.05. The summed E-state index contributed by atoms with van der Waals surface area (Å²) in [5, 5.41) is 10.4. The minimum atomic E-state index is -0.0387. The molecule has 2 aliphatic heterocycles. The number of benzene rings is 1. The molecule has 1 amide bonds. The van der Waals surface area contributed by atoms with E-state index in [9.17, 15) is 9.90 Å². The van der Waals surface area contributed by atoms with Gasteiger partial charge < -0.3 is 10.0 Å². The Labute approximate surface area is 158 Å². The van der Waals surface area contributed by atoms with Crippen LogP contribution in [0.15, 0.2) is 18.2 Å². The zero-order valence-corrected chi connectivity index (χ0v) is 16.8. The van der Waals surface area contributed by atoms with E-state index in [0.717, 1.165) is 37.4 Å². The average molecular weight is 359 g/mol. The zero-order chi connectivity index (χ0) is 18.9. The van der Waals surface area contributed by atoms with Gasteiger partial charge in [0.25, 0.3) is 5.91 Å². The molecule has 0 spiro atoms. The Kier molecular flexibility index (Phi) is 5.61. The average Bonchev–Trinajstić information content (AvgIpc) is 2.60. The molecule has 0 radical (unpaired) electrons. The zero-order valence-electron chi connectivity index (χ0n) is 16.8. The molecule has 1 unspecified atom stereocenters. The van der Waals surface area contributed by atoms with Crippen molar-refractivity contribution in [2.24, 2.45) is 5.92 Å². The highest BCUT2D eigenvalue weighted by Crippen LogP contribution is 2.30. The van der Waals surface area contributed by atoms with E-state index in [1.54, 1.807) is 12.1 Å². The number of piperidine rings is 2. The van der Waals surface area contributed by atoms with Gasteiger partial charge in [-0.3, -0.25) is 9.69 Å². The van der Waals surface area contributed by atoms with Gasteiger partial charge >= 0.3 is 0 Å². The smallest absolute Gasteiger partial charge is 0.257 e. The molecule has 0 saturated carbocycles. The molecule has 4 heteroatoms. The molecule has 26 heavy (non-hydrogen) atoms. The molecule has 3 rings (SSSR count). The second kappa shape index (κ2) is 7.59. The van der Waals surface area contributed by atoms with Gasteiger partial charge in [0.15, 0.2) is 0 Å². The summed E-state index contributed by atoms with van der Waals surface area (Å²) in [6.45, 7) is 12.6. The SMILES string of the molecule is CC1CCCN(C2CCN(C(=O)c3ccc(C(C)(C)C)cc3O)CC2)C1. The number of nitrogens with zero attached hydrogens (tertiary/aromatic N) is 2. The van der Waals surface area contributed by atoms with E-state index in [-0.39, 0.29) is 17.1 Å². The van der Waals surface area contributed by atoms with Crippen molar-refractivity contribution in [2.75, 3.05) is 26.2 Å². The summed E-state index contributed by atoms with van der Waals surface area (Å²) >= 11 is 0. The van der Waals surface area contributed by atoms with Crippen LogP contribution in [-0.4, -0.2) is 53.0 Å². The Morgan fingerprint density at radius 3 is 2.38 bits per heavy atom. The summed E-state index contributed by atoms with van der Waals surface area (Å²) in [6.07, 6.45) is 4.73. The summed E-state index contributed by atoms with van der Waals surface area (Å²) in [6, 6.07) is 6.11. The van der Waals surface area contributed by atoms with Crippen molar-refractivity contribution in [2.45, 2.75) is 64.8 Å². The minimum Gasteiger partial charge on any atom is -0.507 e. The minimum absolute atomic E-state index is 0.0339. The number of hydrogen-bond donors (Lipinski definition) is 1. The highest BCUT2D eigenvalue weighted by atomic mass is 16.3. The lowest BCUT2D eigenvalue weighted by Gasteiger charge is -2.41. The molecule has 2 saturated heterocycles. The lowest BCUT2D eigenvalue weighted by atomic mass is 9.86. The fourth-order valence-electron chi connectivity index (χ4n) is 4.34. The van der Waals surface area contributed by atoms with Gasteiger partial charge in [-0.1, -0.05) is 33.8 Å². The summed E-state index contributed by atoms with van der Waals surface area (Å²) in [5.74, 6) is 0.865. The molecule has 2 fully saturated rings. The number of likely N-dealkylation sites (tertiary alicyclic amines) is 2. The predicted octanol–water partition coefficient (Wildman–Crippen LogP) is 4.03. The second-order valence-corrected chi connectivity index (χ2v) is 9.25. The van der Waals surface area contributed by atoms with Crippen molar-refractivity contribution >= 4 is 5.91 Å². The van der Waals surface area contributed by atoms with Crippen molar-refractivity contribution in [3.05, 3.63) is 29.3 Å². The number of carbonyl (C=O) groups excluding carboxylic acids is 1. The van der Waals surface area contributed by atoms with Crippen LogP contribution in [0, 0.1) is 5.92 Å². The fraction of sp³-hybridized carbons (Fsp3) is 0.682. The molecule has 4 nitrogen and oxygen atoms in total. The predicted molar refractivity (Wildman–Crippen MR) is 106 cm³/mol. The number of phenols is 1. The van der Waals surface area contributed by atoms with Gasteiger partial charge in [-0.05, 0) is 61.3 Å². The molecule has 144 valence electrons. The van der Waals surface area contributed by atoms with E-state index in [0.29, 0.717) is 11.6 Å². The standard InChI is InChI=1S/C22H34N2O2/c1-16-6-5-11-24(15-16)18-9-12-23(13-10-18)21(26)19-8-7-17(14-20(19)25)22(2,3)4/h7-8,14,16,18,25H,5-6,9-13,15H2,1-4H3. The fourth-order valence-corrected chi connectivity index (χ4v) is 4.34. The van der Waals surface area contributed by atoms with E-state index in [2.05, 4.69) is 32.6 Å². The van der Waals surface area contributed by atoms with Gasteiger partial charge in [0.2, 0.25) is 0 Å². The summed E-state index contributed by atoms with van der Waals surface area (Å²) in [7, 11) is 0. The van der Waals surface area contributed by atoms with Crippen molar-refractivity contribution in [3.8, 4) is 5.75 Å². The normalized spacial score (nSPS) is 23.2. The molecule has 0 aromatic heterocycles. The first-order valence-electron chi connectivity index (χ1n) is 10.1. The van der Waals surface area contributed by atoms with E-state index < -0.39 is 0 Å². The van der Waals surface area contributed by atoms with Crippen LogP contribution in [0.4, 0.5) is 0 Å². The van der Waals surface area contributed by atoms with Crippen LogP contribution in [-0.2, 0) is 5.41 Å². The van der Waals surface area contributed by atoms with Crippen LogP contribution < -0.4 is 0 Å². The van der Waals surface area contributed by atoms with Crippen molar-refractivity contribution in [3.63, 3.8) is 0 Å². The van der Waals surface area contributed by atoms with Crippen LogP contribution in [0.1, 0.15) is 69.3 Å². The highest BCUT2D eigenvalue weighted by molar-refractivity contribution is 5.97. The first-order valence-corrected chi connectivity index (χ1v) is 10.1. The largest absolute Gasteiger partial charge is 0.507 e. The van der Waals surface area contributed by atoms with E-state index >= 15 is 0 Å². The molecule has 2 aliphatic rings. The van der Waals surface area contributed by atoms with Crippen LogP contribution in [0.25, 0.3) is 0 Å². The summed E-state index contributed by atoms with van der Waals surface area (Å²) in [4.78, 5) is 17.4. The number of hydrogen-bond acceptors (Lipinski definition) is 3. The van der Waals surface area contributed by atoms with Gasteiger partial charge in [0.1, 0.15) is 5.75 Å². The third kappa shape index (κ3) is 4.22. The van der Waals surface area contributed by atoms with Crippen LogP contribution in [0.2, 0.25) is 0 Å². The molecule has 1 aromatic carbocycles. The maximum Gasteiger partial charge on any atom is 0.257 e. The molecule has 1 N–H and O–H groups in total. The number of phenolic OH excluding ortho intramolecular Hbond substituents is 1. The van der Waals surface area contributed by atoms with Gasteiger partial charge in [0, 0.05) is 25.7 Å². The summed E-state index contributed by atoms with van der Waals surface area (Å²) in [5.41, 5.74) is 1.44. The highest BCUT2D eigenvalue weighted by Gasteiger charge is 2.30. The van der Waals surface area contributed by atoms with Crippen molar-refractivity contribution < 1.29 is 9.90 Å². The van der Waals surface area contributed by atoms with Gasteiger partial charge in [-0.2, -0.15) is 0 Å². The first kappa shape index (κ1) is 19.2. The third-order valence-corrected chi connectivity index (χ3v) is 6.05. The Bertz CT molecular complexity index is 642. The Morgan fingerprint density at radius 1 is 1.12 bits per heavy atom. The molecular formula is C22H34N2O2. The Balaban J connectivity index is 1.62. The first-order chi connectivity index (χ1) is 12.3. The second-order valence-electron chi connectivity index (χ2n) is 9.25. The van der Waals surface area contributed by atoms with Crippen LogP contribution in [0.3, 0.4) is 0 Å². The van der Waals surface area contributed by atoms with E-state index in [4.69, 9.17) is 0 Å². The maximum atomic E-state index is 12.9. The van der Waals surface area contributed by atoms with Gasteiger partial charge in [0.05, 0.1) is 5.56 Å². The van der Waals surface area contributed by atoms with Gasteiger partial charge in [-0.25, -0.2) is 0 Å².